The van der Waals surface area contributed by atoms with Crippen LogP contribution in [0.2, 0.25) is 0 Å². The molecule has 1 rings (SSSR count). The molecule has 0 spiro atoms. The van der Waals surface area contributed by atoms with Gasteiger partial charge in [0.25, 0.3) is 0 Å². The molecular formula is C9H13ClN2O2. The van der Waals surface area contributed by atoms with Crippen molar-refractivity contribution in [2.45, 2.75) is 19.5 Å². The number of nitrogens with zero attached hydrogens (tertiary/aromatic N) is 1. The molecule has 14 heavy (non-hydrogen) atoms. The fourth-order valence-corrected chi connectivity index (χ4v) is 0.848. The van der Waals surface area contributed by atoms with Crippen molar-refractivity contribution in [3.63, 3.8) is 0 Å². The summed E-state index contributed by atoms with van der Waals surface area (Å²) in [5.41, 5.74) is 0.843. The number of hydrogen-bond acceptors (Lipinski definition) is 3. The van der Waals surface area contributed by atoms with Crippen molar-refractivity contribution >= 4 is 18.4 Å². The van der Waals surface area contributed by atoms with Gasteiger partial charge in [-0.1, -0.05) is 6.07 Å². The minimum absolute atomic E-state index is 0. The molecule has 0 amide bonds. The number of carboxylic acids is 1. The van der Waals surface area contributed by atoms with Crippen LogP contribution in [-0.2, 0) is 11.3 Å². The van der Waals surface area contributed by atoms with Crippen LogP contribution >= 0.6 is 12.4 Å². The van der Waals surface area contributed by atoms with E-state index in [1.807, 2.05) is 18.2 Å². The molecule has 4 nitrogen and oxygen atoms in total. The second kappa shape index (κ2) is 6.34. The highest BCUT2D eigenvalue weighted by molar-refractivity contribution is 5.85. The zero-order valence-electron chi connectivity index (χ0n) is 7.80. The first-order valence-electron chi connectivity index (χ1n) is 4.06. The zero-order valence-corrected chi connectivity index (χ0v) is 8.62. The van der Waals surface area contributed by atoms with E-state index in [9.17, 15) is 4.79 Å². The van der Waals surface area contributed by atoms with E-state index in [-0.39, 0.29) is 12.4 Å². The summed E-state index contributed by atoms with van der Waals surface area (Å²) in [6.45, 7) is 2.08. The van der Waals surface area contributed by atoms with Gasteiger partial charge in [-0.25, -0.2) is 0 Å². The molecule has 1 unspecified atom stereocenters. The summed E-state index contributed by atoms with van der Waals surface area (Å²) in [7, 11) is 0. The predicted octanol–water partition coefficient (Wildman–Crippen LogP) is 1.07. The molecule has 0 aliphatic carbocycles. The van der Waals surface area contributed by atoms with Crippen LogP contribution in [0, 0.1) is 0 Å². The summed E-state index contributed by atoms with van der Waals surface area (Å²) in [6.07, 6.45) is 1.68. The maximum atomic E-state index is 10.4. The number of aliphatic carboxylic acids is 1. The van der Waals surface area contributed by atoms with E-state index in [2.05, 4.69) is 10.3 Å². The zero-order chi connectivity index (χ0) is 9.68. The van der Waals surface area contributed by atoms with Gasteiger partial charge in [-0.2, -0.15) is 0 Å². The van der Waals surface area contributed by atoms with Crippen LogP contribution in [0.5, 0.6) is 0 Å². The summed E-state index contributed by atoms with van der Waals surface area (Å²) >= 11 is 0. The average Bonchev–Trinajstić information content (AvgIpc) is 2.15. The van der Waals surface area contributed by atoms with Gasteiger partial charge >= 0.3 is 5.97 Å². The summed E-state index contributed by atoms with van der Waals surface area (Å²) in [5, 5.41) is 11.4. The second-order valence-corrected chi connectivity index (χ2v) is 2.76. The van der Waals surface area contributed by atoms with Crippen molar-refractivity contribution in [2.75, 3.05) is 0 Å². The molecule has 0 radical (unpaired) electrons. The molecule has 78 valence electrons. The molecule has 1 atom stereocenters. The summed E-state index contributed by atoms with van der Waals surface area (Å²) in [6, 6.07) is 5.00. The lowest BCUT2D eigenvalue weighted by molar-refractivity contribution is -0.139. The molecule has 1 heterocycles. The second-order valence-electron chi connectivity index (χ2n) is 2.76. The molecular weight excluding hydrogens is 204 g/mol. The van der Waals surface area contributed by atoms with Crippen LogP contribution in [0.1, 0.15) is 12.6 Å². The van der Waals surface area contributed by atoms with Gasteiger partial charge in [0.2, 0.25) is 0 Å². The van der Waals surface area contributed by atoms with Crippen molar-refractivity contribution in [3.8, 4) is 0 Å². The summed E-state index contributed by atoms with van der Waals surface area (Å²) in [4.78, 5) is 14.5. The number of hydrogen-bond donors (Lipinski definition) is 2. The lowest BCUT2D eigenvalue weighted by atomic mass is 10.3. The van der Waals surface area contributed by atoms with E-state index in [1.165, 1.54) is 0 Å². The molecule has 5 heteroatoms. The Labute approximate surface area is 88.8 Å². The number of pyridine rings is 1. The Morgan fingerprint density at radius 3 is 2.86 bits per heavy atom. The first kappa shape index (κ1) is 12.9. The van der Waals surface area contributed by atoms with Gasteiger partial charge in [-0.3, -0.25) is 15.1 Å². The Bertz CT molecular complexity index is 279. The average molecular weight is 217 g/mol. The first-order chi connectivity index (χ1) is 6.20. The molecule has 1 aromatic heterocycles. The topological polar surface area (TPSA) is 62.2 Å². The largest absolute Gasteiger partial charge is 0.480 e. The highest BCUT2D eigenvalue weighted by atomic mass is 35.5. The lowest BCUT2D eigenvalue weighted by Gasteiger charge is -2.07. The van der Waals surface area contributed by atoms with Gasteiger partial charge in [0, 0.05) is 12.7 Å². The highest BCUT2D eigenvalue weighted by Gasteiger charge is 2.08. The maximum Gasteiger partial charge on any atom is 0.320 e. The molecule has 0 saturated heterocycles. The van der Waals surface area contributed by atoms with Gasteiger partial charge in [0.1, 0.15) is 6.04 Å². The standard InChI is InChI=1S/C9H12N2O2.ClH/c1-7(9(12)13)11-6-8-4-2-3-5-10-8;/h2-5,7,11H,6H2,1H3,(H,12,13);1H. The van der Waals surface area contributed by atoms with Crippen LogP contribution in [0.25, 0.3) is 0 Å². The number of aromatic nitrogens is 1. The van der Waals surface area contributed by atoms with Gasteiger partial charge in [-0.05, 0) is 19.1 Å². The van der Waals surface area contributed by atoms with Crippen molar-refractivity contribution in [1.29, 1.82) is 0 Å². The third kappa shape index (κ3) is 4.20. The normalized spacial score (nSPS) is 11.5. The van der Waals surface area contributed by atoms with Crippen molar-refractivity contribution in [3.05, 3.63) is 30.1 Å². The van der Waals surface area contributed by atoms with Crippen molar-refractivity contribution in [2.24, 2.45) is 0 Å². The quantitative estimate of drug-likeness (QED) is 0.790. The number of rotatable bonds is 4. The number of carbonyl (C=O) groups is 1. The van der Waals surface area contributed by atoms with Crippen molar-refractivity contribution < 1.29 is 9.90 Å². The van der Waals surface area contributed by atoms with Crippen molar-refractivity contribution in [1.82, 2.24) is 10.3 Å². The molecule has 0 bridgehead atoms. The minimum atomic E-state index is -0.851. The number of halogens is 1. The Morgan fingerprint density at radius 1 is 1.64 bits per heavy atom. The Balaban J connectivity index is 0.00000169. The lowest BCUT2D eigenvalue weighted by Crippen LogP contribution is -2.33. The van der Waals surface area contributed by atoms with Crippen LogP contribution in [-0.4, -0.2) is 22.1 Å². The van der Waals surface area contributed by atoms with Crippen LogP contribution in [0.4, 0.5) is 0 Å². The third-order valence-electron chi connectivity index (χ3n) is 1.69. The predicted molar refractivity (Wildman–Crippen MR) is 55.4 cm³/mol. The summed E-state index contributed by atoms with van der Waals surface area (Å²) < 4.78 is 0. The molecule has 0 aliphatic heterocycles. The van der Waals surface area contributed by atoms with E-state index in [0.717, 1.165) is 5.69 Å². The third-order valence-corrected chi connectivity index (χ3v) is 1.69. The van der Waals surface area contributed by atoms with Crippen LogP contribution in [0.3, 0.4) is 0 Å². The molecule has 1 aromatic rings. The van der Waals surface area contributed by atoms with E-state index >= 15 is 0 Å². The van der Waals surface area contributed by atoms with E-state index in [4.69, 9.17) is 5.11 Å². The number of nitrogens with one attached hydrogen (secondary N) is 1. The van der Waals surface area contributed by atoms with Crippen LogP contribution < -0.4 is 5.32 Å². The fourth-order valence-electron chi connectivity index (χ4n) is 0.848. The highest BCUT2D eigenvalue weighted by Crippen LogP contribution is 1.93. The Hall–Kier alpha value is -1.13. The van der Waals surface area contributed by atoms with Gasteiger partial charge in [0.05, 0.1) is 5.69 Å². The molecule has 0 fully saturated rings. The van der Waals surface area contributed by atoms with Gasteiger partial charge < -0.3 is 5.11 Å². The molecule has 0 aromatic carbocycles. The minimum Gasteiger partial charge on any atom is -0.480 e. The smallest absolute Gasteiger partial charge is 0.320 e. The van der Waals surface area contributed by atoms with E-state index in [1.54, 1.807) is 13.1 Å². The van der Waals surface area contributed by atoms with Gasteiger partial charge in [-0.15, -0.1) is 12.4 Å². The van der Waals surface area contributed by atoms with E-state index < -0.39 is 12.0 Å². The number of carboxylic acid groups (broad SMARTS) is 1. The summed E-state index contributed by atoms with van der Waals surface area (Å²) in [5.74, 6) is -0.851. The molecule has 0 aliphatic rings. The monoisotopic (exact) mass is 216 g/mol. The maximum absolute atomic E-state index is 10.4. The Kier molecular flexibility index (Phi) is 5.83. The van der Waals surface area contributed by atoms with E-state index in [0.29, 0.717) is 6.54 Å². The molecule has 0 saturated carbocycles. The fraction of sp³-hybridized carbons (Fsp3) is 0.333. The Morgan fingerprint density at radius 2 is 2.36 bits per heavy atom. The SMILES string of the molecule is CC(NCc1ccccn1)C(=O)O.Cl. The van der Waals surface area contributed by atoms with Gasteiger partial charge in [0.15, 0.2) is 0 Å². The molecule has 2 N–H and O–H groups in total. The first-order valence-corrected chi connectivity index (χ1v) is 4.06. The van der Waals surface area contributed by atoms with Crippen LogP contribution in [0.15, 0.2) is 24.4 Å².